The summed E-state index contributed by atoms with van der Waals surface area (Å²) >= 11 is 0. The lowest BCUT2D eigenvalue weighted by atomic mass is 10.2. The third kappa shape index (κ3) is 5.16. The van der Waals surface area contributed by atoms with E-state index in [0.29, 0.717) is 11.2 Å². The van der Waals surface area contributed by atoms with Crippen molar-refractivity contribution in [3.05, 3.63) is 58.6 Å². The molecule has 0 spiro atoms. The highest BCUT2D eigenvalue weighted by Crippen LogP contribution is 2.17. The Balaban J connectivity index is 1.97. The minimum atomic E-state index is -4.17. The number of nitrogens with two attached hydrogens (primary N) is 1. The SMILES string of the molecule is CC(=O)Nc1ccc(S(=O)(=O)Nn2c(C)nc3ccc(N/N=C(\C#N)C(=N)N)cc3c2=O)cc1. The largest absolute Gasteiger partial charge is 0.382 e. The summed E-state index contributed by atoms with van der Waals surface area (Å²) in [5.41, 5.74) is 7.73. The highest BCUT2D eigenvalue weighted by molar-refractivity contribution is 7.92. The molecule has 0 aliphatic carbocycles. The van der Waals surface area contributed by atoms with Crippen LogP contribution in [-0.2, 0) is 14.8 Å². The summed E-state index contributed by atoms with van der Waals surface area (Å²) in [5, 5.41) is 22.5. The molecule has 0 saturated carbocycles. The van der Waals surface area contributed by atoms with E-state index < -0.39 is 21.4 Å². The van der Waals surface area contributed by atoms with Gasteiger partial charge in [0.25, 0.3) is 15.6 Å². The predicted octanol–water partition coefficient (Wildman–Crippen LogP) is 0.823. The number of carbonyl (C=O) groups excluding carboxylic acids is 1. The Labute approximate surface area is 193 Å². The summed E-state index contributed by atoms with van der Waals surface area (Å²) in [4.78, 5) is 30.5. The van der Waals surface area contributed by atoms with E-state index in [1.165, 1.54) is 56.3 Å². The van der Waals surface area contributed by atoms with Gasteiger partial charge < -0.3 is 11.1 Å². The number of amides is 1. The molecule has 174 valence electrons. The molecule has 1 amide bonds. The molecule has 3 aromatic rings. The number of nitrogens with zero attached hydrogens (tertiary/aromatic N) is 4. The first-order valence-corrected chi connectivity index (χ1v) is 11.0. The second kappa shape index (κ2) is 9.38. The number of hydrazone groups is 1. The van der Waals surface area contributed by atoms with E-state index >= 15 is 0 Å². The third-order valence-corrected chi connectivity index (χ3v) is 5.71. The van der Waals surface area contributed by atoms with Gasteiger partial charge >= 0.3 is 0 Å². The monoisotopic (exact) mass is 481 g/mol. The molecule has 0 unspecified atom stereocenters. The van der Waals surface area contributed by atoms with Crippen molar-refractivity contribution in [3.63, 3.8) is 0 Å². The van der Waals surface area contributed by atoms with Crippen LogP contribution in [0.25, 0.3) is 10.9 Å². The van der Waals surface area contributed by atoms with Crippen molar-refractivity contribution in [2.75, 3.05) is 15.6 Å². The fourth-order valence-electron chi connectivity index (χ4n) is 2.83. The molecule has 6 N–H and O–H groups in total. The topological polar surface area (TPSA) is 208 Å². The molecule has 0 bridgehead atoms. The number of amidine groups is 1. The van der Waals surface area contributed by atoms with Crippen molar-refractivity contribution in [2.24, 2.45) is 10.8 Å². The predicted molar refractivity (Wildman–Crippen MR) is 127 cm³/mol. The van der Waals surface area contributed by atoms with E-state index in [2.05, 4.69) is 25.7 Å². The first-order chi connectivity index (χ1) is 16.0. The van der Waals surface area contributed by atoms with Crippen LogP contribution in [0.5, 0.6) is 0 Å². The molecule has 2 aromatic carbocycles. The van der Waals surface area contributed by atoms with Gasteiger partial charge in [-0.3, -0.25) is 20.4 Å². The number of hydrogen-bond donors (Lipinski definition) is 5. The Bertz CT molecular complexity index is 1540. The Morgan fingerprint density at radius 2 is 1.85 bits per heavy atom. The Kier molecular flexibility index (Phi) is 6.59. The smallest absolute Gasteiger partial charge is 0.280 e. The summed E-state index contributed by atoms with van der Waals surface area (Å²) in [7, 11) is -4.17. The maximum absolute atomic E-state index is 13.1. The maximum atomic E-state index is 13.1. The Morgan fingerprint density at radius 1 is 1.21 bits per heavy atom. The van der Waals surface area contributed by atoms with Crippen LogP contribution in [-0.4, -0.2) is 35.5 Å². The van der Waals surface area contributed by atoms with Gasteiger partial charge in [0.05, 0.1) is 21.5 Å². The van der Waals surface area contributed by atoms with Crippen LogP contribution in [0.4, 0.5) is 11.4 Å². The van der Waals surface area contributed by atoms with Gasteiger partial charge in [0.2, 0.25) is 11.6 Å². The highest BCUT2D eigenvalue weighted by atomic mass is 32.2. The van der Waals surface area contributed by atoms with Gasteiger partial charge in [-0.05, 0) is 49.4 Å². The zero-order chi connectivity index (χ0) is 25.0. The molecular formula is C20H19N9O4S. The van der Waals surface area contributed by atoms with E-state index in [0.717, 1.165) is 4.68 Å². The first kappa shape index (κ1) is 23.9. The van der Waals surface area contributed by atoms with E-state index in [-0.39, 0.29) is 33.4 Å². The molecule has 1 aromatic heterocycles. The van der Waals surface area contributed by atoms with Crippen LogP contribution < -0.4 is 26.9 Å². The van der Waals surface area contributed by atoms with Gasteiger partial charge in [-0.25, -0.2) is 9.82 Å². The minimum absolute atomic E-state index is 0.0656. The molecule has 34 heavy (non-hydrogen) atoms. The fraction of sp³-hybridized carbons (Fsp3) is 0.100. The number of nitrogens with one attached hydrogen (secondary N) is 4. The number of anilines is 2. The summed E-state index contributed by atoms with van der Waals surface area (Å²) < 4.78 is 26.5. The van der Waals surface area contributed by atoms with Crippen molar-refractivity contribution in [3.8, 4) is 6.07 Å². The van der Waals surface area contributed by atoms with E-state index in [9.17, 15) is 18.0 Å². The van der Waals surface area contributed by atoms with E-state index in [4.69, 9.17) is 16.4 Å². The van der Waals surface area contributed by atoms with Gasteiger partial charge in [0, 0.05) is 12.6 Å². The second-order valence-electron chi connectivity index (χ2n) is 6.93. The molecule has 13 nitrogen and oxygen atoms in total. The maximum Gasteiger partial charge on any atom is 0.280 e. The van der Waals surface area contributed by atoms with Crippen LogP contribution in [0.2, 0.25) is 0 Å². The van der Waals surface area contributed by atoms with E-state index in [1.807, 2.05) is 0 Å². The zero-order valence-corrected chi connectivity index (χ0v) is 18.8. The normalized spacial score (nSPS) is 11.5. The van der Waals surface area contributed by atoms with Crippen LogP contribution >= 0.6 is 0 Å². The minimum Gasteiger partial charge on any atom is -0.382 e. The number of nitriles is 1. The molecule has 0 radical (unpaired) electrons. The Hall–Kier alpha value is -4.77. The summed E-state index contributed by atoms with van der Waals surface area (Å²) in [5.74, 6) is -0.740. The number of hydrogen-bond acceptors (Lipinski definition) is 9. The van der Waals surface area contributed by atoms with Crippen LogP contribution in [0, 0.1) is 23.7 Å². The van der Waals surface area contributed by atoms with Crippen molar-refractivity contribution in [1.82, 2.24) is 9.66 Å². The molecule has 0 saturated heterocycles. The number of carbonyl (C=O) groups is 1. The van der Waals surface area contributed by atoms with Crippen LogP contribution in [0.15, 0.2) is 57.3 Å². The van der Waals surface area contributed by atoms with Crippen molar-refractivity contribution in [1.29, 1.82) is 10.7 Å². The van der Waals surface area contributed by atoms with Gasteiger partial charge in [0.1, 0.15) is 11.9 Å². The number of aryl methyl sites for hydroxylation is 1. The van der Waals surface area contributed by atoms with Crippen molar-refractivity contribution >= 4 is 49.8 Å². The molecule has 0 aliphatic rings. The third-order valence-electron chi connectivity index (χ3n) is 4.39. The highest BCUT2D eigenvalue weighted by Gasteiger charge is 2.18. The number of benzene rings is 2. The Morgan fingerprint density at radius 3 is 2.44 bits per heavy atom. The molecule has 14 heteroatoms. The molecule has 3 rings (SSSR count). The van der Waals surface area contributed by atoms with Crippen molar-refractivity contribution in [2.45, 2.75) is 18.7 Å². The average molecular weight is 481 g/mol. The number of sulfonamides is 1. The number of aromatic nitrogens is 2. The van der Waals surface area contributed by atoms with Gasteiger partial charge in [-0.2, -0.15) is 23.5 Å². The number of fused-ring (bicyclic) bond motifs is 1. The average Bonchev–Trinajstić information content (AvgIpc) is 2.77. The lowest BCUT2D eigenvalue weighted by Gasteiger charge is -2.14. The summed E-state index contributed by atoms with van der Waals surface area (Å²) in [6, 6.07) is 11.5. The quantitative estimate of drug-likeness (QED) is 0.185. The van der Waals surface area contributed by atoms with Crippen LogP contribution in [0.1, 0.15) is 12.7 Å². The lowest BCUT2D eigenvalue weighted by molar-refractivity contribution is -0.114. The molecular weight excluding hydrogens is 462 g/mol. The van der Waals surface area contributed by atoms with Gasteiger partial charge in [-0.15, -0.1) is 0 Å². The van der Waals surface area contributed by atoms with Gasteiger partial charge in [0.15, 0.2) is 5.84 Å². The van der Waals surface area contributed by atoms with Crippen molar-refractivity contribution < 1.29 is 13.2 Å². The lowest BCUT2D eigenvalue weighted by Crippen LogP contribution is -2.35. The molecule has 0 fully saturated rings. The number of rotatable bonds is 7. The first-order valence-electron chi connectivity index (χ1n) is 9.54. The fourth-order valence-corrected chi connectivity index (χ4v) is 3.89. The van der Waals surface area contributed by atoms with E-state index in [1.54, 1.807) is 6.07 Å². The molecule has 1 heterocycles. The zero-order valence-electron chi connectivity index (χ0n) is 17.9. The molecule has 0 atom stereocenters. The standard InChI is InChI=1S/C20H19N9O4S/c1-11-24-17-8-5-14(26-27-18(10-21)19(22)23)9-16(17)20(31)29(11)28-34(32,33)15-6-3-13(4-7-15)25-12(2)30/h3-9,26,28H,1-2H3,(H3,22,23)(H,25,30)/b27-18+. The summed E-state index contributed by atoms with van der Waals surface area (Å²) in [6.45, 7) is 2.79. The molecule has 0 aliphatic heterocycles. The van der Waals surface area contributed by atoms with Crippen LogP contribution in [0.3, 0.4) is 0 Å². The summed E-state index contributed by atoms with van der Waals surface area (Å²) in [6.07, 6.45) is 0. The second-order valence-corrected chi connectivity index (χ2v) is 8.59. The van der Waals surface area contributed by atoms with Gasteiger partial charge in [-0.1, -0.05) is 0 Å².